The summed E-state index contributed by atoms with van der Waals surface area (Å²) in [6.45, 7) is 6.83. The fourth-order valence-corrected chi connectivity index (χ4v) is 1.10. The van der Waals surface area contributed by atoms with Crippen LogP contribution in [0, 0.1) is 0 Å². The van der Waals surface area contributed by atoms with Crippen LogP contribution in [0.5, 0.6) is 0 Å². The molecule has 3 N–H and O–H groups in total. The molecule has 0 aromatic carbocycles. The van der Waals surface area contributed by atoms with Gasteiger partial charge in [-0.25, -0.2) is 10.2 Å². The summed E-state index contributed by atoms with van der Waals surface area (Å²) in [4.78, 5) is 23.6. The lowest BCUT2D eigenvalue weighted by atomic mass is 10.2. The summed E-state index contributed by atoms with van der Waals surface area (Å²) in [5.74, 6) is -0.00693. The molecule has 0 atom stereocenters. The van der Waals surface area contributed by atoms with Gasteiger partial charge in [0.15, 0.2) is 0 Å². The van der Waals surface area contributed by atoms with E-state index in [4.69, 9.17) is 5.73 Å². The fourth-order valence-electron chi connectivity index (χ4n) is 1.10. The molecule has 0 aliphatic rings. The van der Waals surface area contributed by atoms with Crippen LogP contribution in [0.4, 0.5) is 4.79 Å². The second-order valence-electron chi connectivity index (χ2n) is 3.07. The van der Waals surface area contributed by atoms with Gasteiger partial charge in [-0.3, -0.25) is 4.79 Å². The average molecular weight is 214 g/mol. The third-order valence-corrected chi connectivity index (χ3v) is 1.88. The minimum Gasteiger partial charge on any atom is -0.350 e. The standard InChI is InChI=1S/C9H18N4O2/c1-4-13(5-2)8(14)6-7(3)11-12-9(10)15/h4-6H2,1-3H3,(H3,10,12,15). The number of urea groups is 1. The molecule has 15 heavy (non-hydrogen) atoms. The van der Waals surface area contributed by atoms with Gasteiger partial charge in [0.1, 0.15) is 0 Å². The van der Waals surface area contributed by atoms with Crippen LogP contribution in [0.2, 0.25) is 0 Å². The number of carbonyl (C=O) groups is 2. The average Bonchev–Trinajstić information content (AvgIpc) is 2.16. The van der Waals surface area contributed by atoms with Crippen molar-refractivity contribution in [2.24, 2.45) is 10.8 Å². The summed E-state index contributed by atoms with van der Waals surface area (Å²) in [5.41, 5.74) is 7.45. The first-order valence-corrected chi connectivity index (χ1v) is 4.87. The van der Waals surface area contributed by atoms with Gasteiger partial charge in [0.25, 0.3) is 0 Å². The zero-order valence-electron chi connectivity index (χ0n) is 9.41. The van der Waals surface area contributed by atoms with Gasteiger partial charge < -0.3 is 10.6 Å². The molecular formula is C9H18N4O2. The van der Waals surface area contributed by atoms with Crippen LogP contribution in [0.1, 0.15) is 27.2 Å². The van der Waals surface area contributed by atoms with Crippen LogP contribution in [0.25, 0.3) is 0 Å². The van der Waals surface area contributed by atoms with E-state index >= 15 is 0 Å². The summed E-state index contributed by atoms with van der Waals surface area (Å²) >= 11 is 0. The minimum atomic E-state index is -0.732. The summed E-state index contributed by atoms with van der Waals surface area (Å²) in [6.07, 6.45) is 0.196. The first-order valence-electron chi connectivity index (χ1n) is 4.87. The molecule has 3 amide bonds. The lowest BCUT2D eigenvalue weighted by Crippen LogP contribution is -2.32. The Bertz CT molecular complexity index is 259. The van der Waals surface area contributed by atoms with Crippen molar-refractivity contribution in [1.29, 1.82) is 0 Å². The molecule has 0 radical (unpaired) electrons. The number of nitrogens with one attached hydrogen (secondary N) is 1. The summed E-state index contributed by atoms with van der Waals surface area (Å²) in [6, 6.07) is -0.732. The molecule has 0 rings (SSSR count). The smallest absolute Gasteiger partial charge is 0.332 e. The van der Waals surface area contributed by atoms with E-state index in [9.17, 15) is 9.59 Å². The third kappa shape index (κ3) is 5.66. The summed E-state index contributed by atoms with van der Waals surface area (Å²) in [7, 11) is 0. The first kappa shape index (κ1) is 13.4. The van der Waals surface area contributed by atoms with Gasteiger partial charge >= 0.3 is 6.03 Å². The second kappa shape index (κ2) is 6.80. The maximum absolute atomic E-state index is 11.6. The number of carbonyl (C=O) groups excluding carboxylic acids is 2. The minimum absolute atomic E-state index is 0.00693. The molecular weight excluding hydrogens is 196 g/mol. The van der Waals surface area contributed by atoms with Crippen molar-refractivity contribution in [1.82, 2.24) is 10.3 Å². The van der Waals surface area contributed by atoms with Crippen LogP contribution in [-0.2, 0) is 4.79 Å². The highest BCUT2D eigenvalue weighted by molar-refractivity contribution is 6.00. The molecule has 0 unspecified atom stereocenters. The number of primary amides is 1. The topological polar surface area (TPSA) is 87.8 Å². The Morgan fingerprint density at radius 2 is 1.87 bits per heavy atom. The molecule has 0 aliphatic carbocycles. The van der Waals surface area contributed by atoms with Crippen molar-refractivity contribution >= 4 is 17.6 Å². The lowest BCUT2D eigenvalue weighted by molar-refractivity contribution is -0.129. The fraction of sp³-hybridized carbons (Fsp3) is 0.667. The van der Waals surface area contributed by atoms with Crippen molar-refractivity contribution in [3.8, 4) is 0 Å². The van der Waals surface area contributed by atoms with E-state index in [1.54, 1.807) is 11.8 Å². The zero-order valence-corrected chi connectivity index (χ0v) is 9.41. The van der Waals surface area contributed by atoms with Crippen LogP contribution in [0.3, 0.4) is 0 Å². The Morgan fingerprint density at radius 1 is 1.33 bits per heavy atom. The second-order valence-corrected chi connectivity index (χ2v) is 3.07. The normalized spacial score (nSPS) is 11.0. The number of hydrogen-bond donors (Lipinski definition) is 2. The first-order chi connectivity index (χ1) is 7.01. The molecule has 0 heterocycles. The number of amides is 3. The SMILES string of the molecule is CCN(CC)C(=O)CC(C)=NNC(N)=O. The van der Waals surface area contributed by atoms with E-state index in [1.165, 1.54) is 0 Å². The van der Waals surface area contributed by atoms with Crippen molar-refractivity contribution in [3.05, 3.63) is 0 Å². The van der Waals surface area contributed by atoms with E-state index in [2.05, 4.69) is 10.5 Å². The molecule has 0 saturated carbocycles. The van der Waals surface area contributed by atoms with Gasteiger partial charge in [0, 0.05) is 18.8 Å². The molecule has 0 aromatic heterocycles. The molecule has 86 valence electrons. The Labute approximate surface area is 89.5 Å². The van der Waals surface area contributed by atoms with Gasteiger partial charge in [0.05, 0.1) is 6.42 Å². The summed E-state index contributed by atoms with van der Waals surface area (Å²) < 4.78 is 0. The quantitative estimate of drug-likeness (QED) is 0.509. The Morgan fingerprint density at radius 3 is 2.27 bits per heavy atom. The Hall–Kier alpha value is -1.59. The molecule has 0 aliphatic heterocycles. The Kier molecular flexibility index (Phi) is 6.08. The Balaban J connectivity index is 4.16. The van der Waals surface area contributed by atoms with E-state index in [0.717, 1.165) is 0 Å². The number of hydrazone groups is 1. The van der Waals surface area contributed by atoms with Crippen LogP contribution in [0.15, 0.2) is 5.10 Å². The predicted octanol–water partition coefficient (Wildman–Crippen LogP) is 0.289. The third-order valence-electron chi connectivity index (χ3n) is 1.88. The molecule has 0 bridgehead atoms. The van der Waals surface area contributed by atoms with Crippen molar-refractivity contribution in [2.45, 2.75) is 27.2 Å². The van der Waals surface area contributed by atoms with E-state index < -0.39 is 6.03 Å². The highest BCUT2D eigenvalue weighted by Gasteiger charge is 2.10. The molecule has 6 heteroatoms. The van der Waals surface area contributed by atoms with Gasteiger partial charge in [-0.1, -0.05) is 0 Å². The van der Waals surface area contributed by atoms with Crippen molar-refractivity contribution < 1.29 is 9.59 Å². The molecule has 0 spiro atoms. The van der Waals surface area contributed by atoms with Gasteiger partial charge in [-0.15, -0.1) is 0 Å². The van der Waals surface area contributed by atoms with Crippen LogP contribution in [-0.4, -0.2) is 35.6 Å². The van der Waals surface area contributed by atoms with E-state index in [1.807, 2.05) is 13.8 Å². The molecule has 6 nitrogen and oxygen atoms in total. The maximum atomic E-state index is 11.6. The highest BCUT2D eigenvalue weighted by Crippen LogP contribution is 1.95. The van der Waals surface area contributed by atoms with Gasteiger partial charge in [0.2, 0.25) is 5.91 Å². The van der Waals surface area contributed by atoms with Gasteiger partial charge in [-0.2, -0.15) is 5.10 Å². The molecule has 0 saturated heterocycles. The number of hydrogen-bond acceptors (Lipinski definition) is 3. The predicted molar refractivity (Wildman–Crippen MR) is 58.4 cm³/mol. The summed E-state index contributed by atoms with van der Waals surface area (Å²) in [5, 5.41) is 3.66. The molecule has 0 aromatic rings. The van der Waals surface area contributed by atoms with Gasteiger partial charge in [-0.05, 0) is 20.8 Å². The molecule has 0 fully saturated rings. The van der Waals surface area contributed by atoms with Crippen molar-refractivity contribution in [2.75, 3.05) is 13.1 Å². The van der Waals surface area contributed by atoms with Crippen LogP contribution < -0.4 is 11.2 Å². The zero-order chi connectivity index (χ0) is 11.8. The highest BCUT2D eigenvalue weighted by atomic mass is 16.2. The lowest BCUT2D eigenvalue weighted by Gasteiger charge is -2.18. The maximum Gasteiger partial charge on any atom is 0.332 e. The van der Waals surface area contributed by atoms with E-state index in [0.29, 0.717) is 18.8 Å². The van der Waals surface area contributed by atoms with Crippen molar-refractivity contribution in [3.63, 3.8) is 0 Å². The van der Waals surface area contributed by atoms with Crippen LogP contribution >= 0.6 is 0 Å². The largest absolute Gasteiger partial charge is 0.350 e. The number of nitrogens with zero attached hydrogens (tertiary/aromatic N) is 2. The number of rotatable bonds is 5. The van der Waals surface area contributed by atoms with E-state index in [-0.39, 0.29) is 12.3 Å². The number of nitrogens with two attached hydrogens (primary N) is 1. The monoisotopic (exact) mass is 214 g/mol.